The number of benzene rings is 1. The summed E-state index contributed by atoms with van der Waals surface area (Å²) in [5.41, 5.74) is 4.71. The minimum Gasteiger partial charge on any atom is -0.377 e. The zero-order chi connectivity index (χ0) is 25.1. The lowest BCUT2D eigenvalue weighted by molar-refractivity contribution is 0.0984. The Balaban J connectivity index is 1.49. The van der Waals surface area contributed by atoms with E-state index < -0.39 is 0 Å². The van der Waals surface area contributed by atoms with Crippen LogP contribution in [0, 0.1) is 6.92 Å². The van der Waals surface area contributed by atoms with Gasteiger partial charge in [0.1, 0.15) is 5.82 Å². The molecule has 10 nitrogen and oxygen atoms in total. The maximum Gasteiger partial charge on any atom is 0.319 e. The van der Waals surface area contributed by atoms with E-state index in [1.165, 1.54) is 5.56 Å². The maximum absolute atomic E-state index is 11.9. The molecule has 5 rings (SSSR count). The summed E-state index contributed by atoms with van der Waals surface area (Å²) in [5.74, 6) is 2.52. The van der Waals surface area contributed by atoms with Crippen LogP contribution in [-0.4, -0.2) is 65.1 Å². The Morgan fingerprint density at radius 3 is 2.67 bits per heavy atom. The number of rotatable bonds is 5. The van der Waals surface area contributed by atoms with E-state index in [0.29, 0.717) is 37.8 Å². The molecule has 0 aliphatic carbocycles. The van der Waals surface area contributed by atoms with Gasteiger partial charge in [-0.25, -0.2) is 14.8 Å². The smallest absolute Gasteiger partial charge is 0.319 e. The van der Waals surface area contributed by atoms with Gasteiger partial charge in [-0.05, 0) is 63.6 Å². The van der Waals surface area contributed by atoms with Crippen LogP contribution >= 0.6 is 0 Å². The molecule has 0 spiro atoms. The van der Waals surface area contributed by atoms with Crippen LogP contribution in [0.2, 0.25) is 0 Å². The average molecular weight is 489 g/mol. The second-order valence-electron chi connectivity index (χ2n) is 9.18. The maximum atomic E-state index is 11.9. The third kappa shape index (κ3) is 5.08. The molecule has 2 aromatic heterocycles. The molecule has 1 fully saturated rings. The molecule has 2 aliphatic rings. The van der Waals surface area contributed by atoms with Crippen molar-refractivity contribution in [2.45, 2.75) is 39.8 Å². The highest BCUT2D eigenvalue weighted by Crippen LogP contribution is 2.32. The van der Waals surface area contributed by atoms with Crippen LogP contribution in [0.1, 0.15) is 30.8 Å². The van der Waals surface area contributed by atoms with Crippen LogP contribution in [0.3, 0.4) is 0 Å². The summed E-state index contributed by atoms with van der Waals surface area (Å²) in [6.07, 6.45) is 0.833. The number of fused-ring (bicyclic) bond motifs is 1. The number of anilines is 3. The SMILES string of the molecule is CCNC(=O)Nc1ccc(-c2nc3c(c(N4CCOCC4C)n2)CCN(c2ccc(C)nn2)C3)cc1. The Labute approximate surface area is 211 Å². The Morgan fingerprint density at radius 2 is 1.94 bits per heavy atom. The molecule has 4 heterocycles. The van der Waals surface area contributed by atoms with E-state index in [1.807, 2.05) is 50.2 Å². The summed E-state index contributed by atoms with van der Waals surface area (Å²) in [4.78, 5) is 26.5. The molecule has 2 amide bonds. The van der Waals surface area contributed by atoms with Crippen molar-refractivity contribution >= 4 is 23.4 Å². The number of urea groups is 1. The summed E-state index contributed by atoms with van der Waals surface area (Å²) in [7, 11) is 0. The number of morpholine rings is 1. The number of hydrogen-bond acceptors (Lipinski definition) is 8. The quantitative estimate of drug-likeness (QED) is 0.564. The van der Waals surface area contributed by atoms with Crippen molar-refractivity contribution < 1.29 is 9.53 Å². The monoisotopic (exact) mass is 488 g/mol. The first kappa shape index (κ1) is 23.9. The van der Waals surface area contributed by atoms with E-state index >= 15 is 0 Å². The van der Waals surface area contributed by atoms with Gasteiger partial charge >= 0.3 is 6.03 Å². The highest BCUT2D eigenvalue weighted by molar-refractivity contribution is 5.89. The number of carbonyl (C=O) groups is 1. The largest absolute Gasteiger partial charge is 0.377 e. The number of nitrogens with zero attached hydrogens (tertiary/aromatic N) is 6. The zero-order valence-electron chi connectivity index (χ0n) is 21.0. The van der Waals surface area contributed by atoms with Crippen molar-refractivity contribution in [3.05, 3.63) is 53.3 Å². The number of aromatic nitrogens is 4. The van der Waals surface area contributed by atoms with Crippen LogP contribution in [-0.2, 0) is 17.7 Å². The van der Waals surface area contributed by atoms with Crippen molar-refractivity contribution in [3.63, 3.8) is 0 Å². The van der Waals surface area contributed by atoms with Gasteiger partial charge in [0.05, 0.1) is 37.2 Å². The van der Waals surface area contributed by atoms with Crippen LogP contribution in [0.4, 0.5) is 22.1 Å². The van der Waals surface area contributed by atoms with Crippen molar-refractivity contribution in [3.8, 4) is 11.4 Å². The fraction of sp³-hybridized carbons (Fsp3) is 0.423. The summed E-state index contributed by atoms with van der Waals surface area (Å²) in [6, 6.07) is 11.6. The molecule has 36 heavy (non-hydrogen) atoms. The molecule has 2 aliphatic heterocycles. The standard InChI is InChI=1S/C26H32N8O2/c1-4-27-26(35)28-20-8-6-19(7-9-20)24-29-22-15-33(23-10-5-17(2)31-32-23)12-11-21(22)25(30-24)34-13-14-36-16-18(34)3/h5-10,18H,4,11-16H2,1-3H3,(H2,27,28,35). The normalized spacial score (nSPS) is 17.5. The van der Waals surface area contributed by atoms with Crippen molar-refractivity contribution in [2.75, 3.05) is 48.0 Å². The molecule has 0 radical (unpaired) electrons. The van der Waals surface area contributed by atoms with Crippen molar-refractivity contribution in [2.24, 2.45) is 0 Å². The molecule has 3 aromatic rings. The first-order chi connectivity index (χ1) is 17.5. The van der Waals surface area contributed by atoms with Gasteiger partial charge in [-0.15, -0.1) is 5.10 Å². The molecule has 10 heteroatoms. The Hall–Kier alpha value is -3.79. The average Bonchev–Trinajstić information content (AvgIpc) is 2.89. The fourth-order valence-electron chi connectivity index (χ4n) is 4.61. The number of carbonyl (C=O) groups excluding carboxylic acids is 1. The lowest BCUT2D eigenvalue weighted by Gasteiger charge is -2.38. The number of nitrogens with one attached hydrogen (secondary N) is 2. The molecule has 1 atom stereocenters. The second kappa shape index (κ2) is 10.4. The van der Waals surface area contributed by atoms with Gasteiger partial charge in [0.25, 0.3) is 0 Å². The summed E-state index contributed by atoms with van der Waals surface area (Å²) in [5, 5.41) is 14.2. The molecule has 2 N–H and O–H groups in total. The third-order valence-electron chi connectivity index (χ3n) is 6.53. The number of hydrogen-bond donors (Lipinski definition) is 2. The van der Waals surface area contributed by atoms with Gasteiger partial charge in [0.2, 0.25) is 0 Å². The molecule has 1 saturated heterocycles. The number of aryl methyl sites for hydroxylation is 1. The molecule has 1 aromatic carbocycles. The first-order valence-corrected chi connectivity index (χ1v) is 12.5. The van der Waals surface area contributed by atoms with Gasteiger partial charge in [0, 0.05) is 36.4 Å². The lowest BCUT2D eigenvalue weighted by Crippen LogP contribution is -2.45. The van der Waals surface area contributed by atoms with E-state index in [9.17, 15) is 4.79 Å². The van der Waals surface area contributed by atoms with Gasteiger partial charge in [-0.2, -0.15) is 5.10 Å². The second-order valence-corrected chi connectivity index (χ2v) is 9.18. The molecule has 0 bridgehead atoms. The van der Waals surface area contributed by atoms with Crippen LogP contribution in [0.15, 0.2) is 36.4 Å². The minimum atomic E-state index is -0.224. The first-order valence-electron chi connectivity index (χ1n) is 12.5. The molecular formula is C26H32N8O2. The number of amides is 2. The van der Waals surface area contributed by atoms with E-state index in [4.69, 9.17) is 14.7 Å². The Morgan fingerprint density at radius 1 is 1.11 bits per heavy atom. The predicted molar refractivity (Wildman–Crippen MR) is 139 cm³/mol. The molecular weight excluding hydrogens is 456 g/mol. The summed E-state index contributed by atoms with van der Waals surface area (Å²) >= 11 is 0. The predicted octanol–water partition coefficient (Wildman–Crippen LogP) is 3.17. The third-order valence-corrected chi connectivity index (χ3v) is 6.53. The van der Waals surface area contributed by atoms with Gasteiger partial charge in [0.15, 0.2) is 11.6 Å². The van der Waals surface area contributed by atoms with Crippen molar-refractivity contribution in [1.82, 2.24) is 25.5 Å². The lowest BCUT2D eigenvalue weighted by atomic mass is 10.0. The highest BCUT2D eigenvalue weighted by Gasteiger charge is 2.29. The van der Waals surface area contributed by atoms with E-state index in [2.05, 4.69) is 37.6 Å². The van der Waals surface area contributed by atoms with Crippen LogP contribution in [0.5, 0.6) is 0 Å². The summed E-state index contributed by atoms with van der Waals surface area (Å²) < 4.78 is 5.69. The van der Waals surface area contributed by atoms with Crippen LogP contribution in [0.25, 0.3) is 11.4 Å². The Kier molecular flexibility index (Phi) is 6.95. The summed E-state index contributed by atoms with van der Waals surface area (Å²) in [6.45, 7) is 10.2. The minimum absolute atomic E-state index is 0.224. The molecule has 0 saturated carbocycles. The van der Waals surface area contributed by atoms with E-state index in [-0.39, 0.29) is 12.1 Å². The molecule has 1 unspecified atom stereocenters. The fourth-order valence-corrected chi connectivity index (χ4v) is 4.61. The van der Waals surface area contributed by atoms with E-state index in [1.54, 1.807) is 0 Å². The van der Waals surface area contributed by atoms with Crippen LogP contribution < -0.4 is 20.4 Å². The van der Waals surface area contributed by atoms with E-state index in [0.717, 1.165) is 48.1 Å². The van der Waals surface area contributed by atoms with Gasteiger partial charge in [-0.3, -0.25) is 0 Å². The van der Waals surface area contributed by atoms with Gasteiger partial charge < -0.3 is 25.2 Å². The zero-order valence-corrected chi connectivity index (χ0v) is 21.0. The number of ether oxygens (including phenoxy) is 1. The molecule has 188 valence electrons. The van der Waals surface area contributed by atoms with Crippen molar-refractivity contribution in [1.29, 1.82) is 0 Å². The highest BCUT2D eigenvalue weighted by atomic mass is 16.5. The van der Waals surface area contributed by atoms with Gasteiger partial charge in [-0.1, -0.05) is 0 Å². The Bertz CT molecular complexity index is 1220. The topological polar surface area (TPSA) is 108 Å².